The fraction of sp³-hybridized carbons (Fsp3) is 0.318. The third-order valence-corrected chi connectivity index (χ3v) is 5.17. The van der Waals surface area contributed by atoms with E-state index in [1.165, 1.54) is 0 Å². The van der Waals surface area contributed by atoms with E-state index in [0.717, 1.165) is 30.3 Å². The maximum absolute atomic E-state index is 12.6. The quantitative estimate of drug-likeness (QED) is 0.436. The molecule has 6 heteroatoms. The summed E-state index contributed by atoms with van der Waals surface area (Å²) in [5.74, 6) is 0.0523. The fourth-order valence-corrected chi connectivity index (χ4v) is 3.56. The monoisotopic (exact) mass is 395 g/mol. The Hall–Kier alpha value is -2.73. The molecule has 1 aromatic heterocycles. The van der Waals surface area contributed by atoms with Crippen LogP contribution in [-0.2, 0) is 11.3 Å². The van der Waals surface area contributed by atoms with E-state index in [-0.39, 0.29) is 17.5 Å². The van der Waals surface area contributed by atoms with E-state index < -0.39 is 0 Å². The zero-order valence-electron chi connectivity index (χ0n) is 16.0. The van der Waals surface area contributed by atoms with Crippen LogP contribution in [0, 0.1) is 4.77 Å². The van der Waals surface area contributed by atoms with E-state index in [1.807, 2.05) is 55.5 Å². The third kappa shape index (κ3) is 4.95. The van der Waals surface area contributed by atoms with Crippen LogP contribution in [-0.4, -0.2) is 15.5 Å². The fourth-order valence-electron chi connectivity index (χ4n) is 3.27. The Balaban J connectivity index is 1.46. The van der Waals surface area contributed by atoms with Gasteiger partial charge in [0, 0.05) is 13.0 Å². The smallest absolute Gasteiger partial charge is 0.262 e. The SMILES string of the molecule is CC(NC(=O)CCCCCn1c(=S)[nH]c2ccccc2c1=O)c1ccccc1. The summed E-state index contributed by atoms with van der Waals surface area (Å²) >= 11 is 5.32. The predicted octanol–water partition coefficient (Wildman–Crippen LogP) is 4.50. The second kappa shape index (κ2) is 9.46. The normalized spacial score (nSPS) is 12.0. The molecule has 0 radical (unpaired) electrons. The number of aromatic amines is 1. The zero-order valence-corrected chi connectivity index (χ0v) is 16.8. The lowest BCUT2D eigenvalue weighted by Crippen LogP contribution is -2.26. The number of nitrogens with one attached hydrogen (secondary N) is 2. The molecule has 1 unspecified atom stereocenters. The molecule has 146 valence electrons. The molecule has 0 aliphatic heterocycles. The molecule has 1 atom stereocenters. The van der Waals surface area contributed by atoms with Crippen molar-refractivity contribution in [2.45, 2.75) is 45.2 Å². The minimum Gasteiger partial charge on any atom is -0.350 e. The minimum atomic E-state index is -0.0613. The van der Waals surface area contributed by atoms with Crippen molar-refractivity contribution >= 4 is 29.0 Å². The number of benzene rings is 2. The first-order valence-electron chi connectivity index (χ1n) is 9.62. The highest BCUT2D eigenvalue weighted by molar-refractivity contribution is 7.71. The van der Waals surface area contributed by atoms with Crippen LogP contribution < -0.4 is 10.9 Å². The molecule has 3 aromatic rings. The summed E-state index contributed by atoms with van der Waals surface area (Å²) in [5.41, 5.74) is 1.80. The van der Waals surface area contributed by atoms with Crippen LogP contribution in [0.1, 0.15) is 44.2 Å². The Labute approximate surface area is 169 Å². The van der Waals surface area contributed by atoms with E-state index in [4.69, 9.17) is 12.2 Å². The summed E-state index contributed by atoms with van der Waals surface area (Å²) in [6.45, 7) is 2.54. The third-order valence-electron chi connectivity index (χ3n) is 4.85. The van der Waals surface area contributed by atoms with Gasteiger partial charge in [0.05, 0.1) is 16.9 Å². The van der Waals surface area contributed by atoms with Gasteiger partial charge in [0.1, 0.15) is 0 Å². The Morgan fingerprint density at radius 2 is 1.79 bits per heavy atom. The van der Waals surface area contributed by atoms with Crippen molar-refractivity contribution in [3.8, 4) is 0 Å². The Kier molecular flexibility index (Phi) is 6.76. The highest BCUT2D eigenvalue weighted by Gasteiger charge is 2.09. The second-order valence-corrected chi connectivity index (χ2v) is 7.33. The van der Waals surface area contributed by atoms with E-state index in [1.54, 1.807) is 10.6 Å². The topological polar surface area (TPSA) is 66.9 Å². The van der Waals surface area contributed by atoms with Crippen LogP contribution in [0.2, 0.25) is 0 Å². The highest BCUT2D eigenvalue weighted by Crippen LogP contribution is 2.12. The number of para-hydroxylation sites is 1. The molecule has 3 rings (SSSR count). The van der Waals surface area contributed by atoms with Gasteiger partial charge in [0.25, 0.3) is 5.56 Å². The molecule has 0 saturated heterocycles. The highest BCUT2D eigenvalue weighted by atomic mass is 32.1. The molecule has 0 bridgehead atoms. The lowest BCUT2D eigenvalue weighted by atomic mass is 10.1. The second-order valence-electron chi connectivity index (χ2n) is 6.94. The Morgan fingerprint density at radius 1 is 1.07 bits per heavy atom. The first-order valence-corrected chi connectivity index (χ1v) is 10.0. The number of amides is 1. The summed E-state index contributed by atoms with van der Waals surface area (Å²) in [4.78, 5) is 27.8. The van der Waals surface area contributed by atoms with E-state index >= 15 is 0 Å². The van der Waals surface area contributed by atoms with Gasteiger partial charge in [0.15, 0.2) is 4.77 Å². The largest absolute Gasteiger partial charge is 0.350 e. The number of carbonyl (C=O) groups excluding carboxylic acids is 1. The molecular weight excluding hydrogens is 370 g/mol. The van der Waals surface area contributed by atoms with Crippen molar-refractivity contribution < 1.29 is 4.79 Å². The molecular formula is C22H25N3O2S. The van der Waals surface area contributed by atoms with Gasteiger partial charge in [-0.3, -0.25) is 14.2 Å². The Bertz CT molecular complexity index is 1060. The first-order chi connectivity index (χ1) is 13.6. The summed E-state index contributed by atoms with van der Waals surface area (Å²) in [5, 5.41) is 3.67. The predicted molar refractivity (Wildman–Crippen MR) is 115 cm³/mol. The first kappa shape index (κ1) is 20.0. The number of hydrogen-bond donors (Lipinski definition) is 2. The number of unbranched alkanes of at least 4 members (excludes halogenated alkanes) is 2. The van der Waals surface area contributed by atoms with E-state index in [2.05, 4.69) is 10.3 Å². The number of aromatic nitrogens is 2. The average molecular weight is 396 g/mol. The van der Waals surface area contributed by atoms with Gasteiger partial charge in [-0.05, 0) is 49.7 Å². The van der Waals surface area contributed by atoms with E-state index in [9.17, 15) is 9.59 Å². The van der Waals surface area contributed by atoms with Gasteiger partial charge in [-0.1, -0.05) is 48.9 Å². The summed E-state index contributed by atoms with van der Waals surface area (Å²) in [6.07, 6.45) is 2.93. The van der Waals surface area contributed by atoms with Crippen LogP contribution in [0.4, 0.5) is 0 Å². The molecule has 28 heavy (non-hydrogen) atoms. The number of fused-ring (bicyclic) bond motifs is 1. The van der Waals surface area contributed by atoms with Crippen LogP contribution >= 0.6 is 12.2 Å². The van der Waals surface area contributed by atoms with Crippen LogP contribution in [0.25, 0.3) is 10.9 Å². The van der Waals surface area contributed by atoms with Gasteiger partial charge in [0.2, 0.25) is 5.91 Å². The number of hydrogen-bond acceptors (Lipinski definition) is 3. The molecule has 1 heterocycles. The van der Waals surface area contributed by atoms with Crippen LogP contribution in [0.3, 0.4) is 0 Å². The molecule has 0 aliphatic rings. The van der Waals surface area contributed by atoms with Crippen molar-refractivity contribution in [1.82, 2.24) is 14.9 Å². The Morgan fingerprint density at radius 3 is 2.57 bits per heavy atom. The zero-order chi connectivity index (χ0) is 19.9. The van der Waals surface area contributed by atoms with Crippen LogP contribution in [0.15, 0.2) is 59.4 Å². The number of nitrogens with zero attached hydrogens (tertiary/aromatic N) is 1. The van der Waals surface area contributed by atoms with Gasteiger partial charge in [-0.25, -0.2) is 0 Å². The number of H-pyrrole nitrogens is 1. The van der Waals surface area contributed by atoms with Crippen molar-refractivity contribution in [2.24, 2.45) is 0 Å². The molecule has 0 spiro atoms. The maximum Gasteiger partial charge on any atom is 0.262 e. The molecule has 5 nitrogen and oxygen atoms in total. The van der Waals surface area contributed by atoms with Gasteiger partial charge < -0.3 is 10.3 Å². The lowest BCUT2D eigenvalue weighted by molar-refractivity contribution is -0.121. The van der Waals surface area contributed by atoms with Crippen molar-refractivity contribution in [2.75, 3.05) is 0 Å². The maximum atomic E-state index is 12.6. The van der Waals surface area contributed by atoms with E-state index in [0.29, 0.717) is 23.1 Å². The molecule has 0 fully saturated rings. The number of carbonyl (C=O) groups is 1. The van der Waals surface area contributed by atoms with Gasteiger partial charge in [-0.2, -0.15) is 0 Å². The van der Waals surface area contributed by atoms with Crippen LogP contribution in [0.5, 0.6) is 0 Å². The van der Waals surface area contributed by atoms with Gasteiger partial charge >= 0.3 is 0 Å². The number of rotatable bonds is 8. The standard InChI is InChI=1S/C22H25N3O2S/c1-16(17-10-4-2-5-11-17)23-20(26)14-6-3-9-15-25-21(27)18-12-7-8-13-19(18)24-22(25)28/h2,4-5,7-8,10-13,16H,3,6,9,14-15H2,1H3,(H,23,26)(H,24,28). The average Bonchev–Trinajstić information content (AvgIpc) is 2.70. The van der Waals surface area contributed by atoms with Crippen molar-refractivity contribution in [1.29, 1.82) is 0 Å². The molecule has 0 aliphatic carbocycles. The molecule has 1 amide bonds. The lowest BCUT2D eigenvalue weighted by Gasteiger charge is -2.14. The summed E-state index contributed by atoms with van der Waals surface area (Å²) in [6, 6.07) is 17.3. The van der Waals surface area contributed by atoms with Gasteiger partial charge in [-0.15, -0.1) is 0 Å². The minimum absolute atomic E-state index is 0.00295. The van der Waals surface area contributed by atoms with Crippen molar-refractivity contribution in [3.05, 3.63) is 75.3 Å². The molecule has 0 saturated carbocycles. The summed E-state index contributed by atoms with van der Waals surface area (Å²) in [7, 11) is 0. The summed E-state index contributed by atoms with van der Waals surface area (Å²) < 4.78 is 2.05. The molecule has 2 aromatic carbocycles. The van der Waals surface area contributed by atoms with Crippen molar-refractivity contribution in [3.63, 3.8) is 0 Å². The molecule has 2 N–H and O–H groups in total.